The molecule has 0 aliphatic heterocycles. The first-order chi connectivity index (χ1) is 8.38. The number of thiophene rings is 1. The SMILES string of the molecule is O=C(c1cccc(C(F)(F)F)c1)c1cc(Br)cs1. The molecule has 18 heavy (non-hydrogen) atoms. The molecule has 2 rings (SSSR count). The number of ketones is 1. The molecule has 0 aliphatic carbocycles. The van der Waals surface area contributed by atoms with Crippen LogP contribution < -0.4 is 0 Å². The molecule has 0 aliphatic rings. The van der Waals surface area contributed by atoms with E-state index in [-0.39, 0.29) is 5.56 Å². The van der Waals surface area contributed by atoms with Gasteiger partial charge in [0.15, 0.2) is 0 Å². The summed E-state index contributed by atoms with van der Waals surface area (Å²) in [6.07, 6.45) is -4.44. The van der Waals surface area contributed by atoms with Gasteiger partial charge in [0.2, 0.25) is 5.78 Å². The van der Waals surface area contributed by atoms with Crippen LogP contribution in [-0.4, -0.2) is 5.78 Å². The van der Waals surface area contributed by atoms with Crippen LogP contribution in [-0.2, 0) is 6.18 Å². The van der Waals surface area contributed by atoms with Crippen molar-refractivity contribution in [1.29, 1.82) is 0 Å². The maximum absolute atomic E-state index is 12.5. The Kier molecular flexibility index (Phi) is 3.59. The van der Waals surface area contributed by atoms with E-state index in [9.17, 15) is 18.0 Å². The van der Waals surface area contributed by atoms with Crippen LogP contribution in [0.25, 0.3) is 0 Å². The predicted octanol–water partition coefficient (Wildman–Crippen LogP) is 4.76. The van der Waals surface area contributed by atoms with Crippen molar-refractivity contribution in [2.45, 2.75) is 6.18 Å². The van der Waals surface area contributed by atoms with Gasteiger partial charge >= 0.3 is 6.18 Å². The van der Waals surface area contributed by atoms with Gasteiger partial charge in [0.25, 0.3) is 0 Å². The van der Waals surface area contributed by atoms with Crippen LogP contribution in [0.4, 0.5) is 13.2 Å². The van der Waals surface area contributed by atoms with Crippen molar-refractivity contribution in [2.75, 3.05) is 0 Å². The van der Waals surface area contributed by atoms with E-state index in [2.05, 4.69) is 15.9 Å². The first kappa shape index (κ1) is 13.3. The molecule has 1 heterocycles. The number of rotatable bonds is 2. The Labute approximate surface area is 113 Å². The maximum Gasteiger partial charge on any atom is 0.416 e. The number of hydrogen-bond acceptors (Lipinski definition) is 2. The zero-order chi connectivity index (χ0) is 13.3. The van der Waals surface area contributed by atoms with Gasteiger partial charge in [-0.2, -0.15) is 13.2 Å². The van der Waals surface area contributed by atoms with E-state index in [1.54, 1.807) is 11.4 Å². The molecule has 0 radical (unpaired) electrons. The van der Waals surface area contributed by atoms with Gasteiger partial charge in [-0.15, -0.1) is 11.3 Å². The average molecular weight is 335 g/mol. The van der Waals surface area contributed by atoms with Gasteiger partial charge in [-0.25, -0.2) is 0 Å². The molecule has 1 aromatic carbocycles. The average Bonchev–Trinajstić information content (AvgIpc) is 2.74. The van der Waals surface area contributed by atoms with E-state index in [0.29, 0.717) is 4.88 Å². The zero-order valence-corrected chi connectivity index (χ0v) is 11.2. The number of hydrogen-bond donors (Lipinski definition) is 0. The van der Waals surface area contributed by atoms with Crippen LogP contribution in [0.3, 0.4) is 0 Å². The second-order valence-electron chi connectivity index (χ2n) is 3.54. The number of benzene rings is 1. The Morgan fingerprint density at radius 1 is 1.22 bits per heavy atom. The quantitative estimate of drug-likeness (QED) is 0.723. The van der Waals surface area contributed by atoms with Crippen molar-refractivity contribution in [3.8, 4) is 0 Å². The Bertz CT molecular complexity index is 589. The maximum atomic E-state index is 12.5. The van der Waals surface area contributed by atoms with E-state index < -0.39 is 17.5 Å². The standard InChI is InChI=1S/C12H6BrF3OS/c13-9-5-10(18-6-9)11(17)7-2-1-3-8(4-7)12(14,15)16/h1-6H. The summed E-state index contributed by atoms with van der Waals surface area (Å²) in [4.78, 5) is 12.4. The second-order valence-corrected chi connectivity index (χ2v) is 5.36. The highest BCUT2D eigenvalue weighted by Gasteiger charge is 2.31. The largest absolute Gasteiger partial charge is 0.416 e. The summed E-state index contributed by atoms with van der Waals surface area (Å²) in [7, 11) is 0. The van der Waals surface area contributed by atoms with Crippen LogP contribution in [0.1, 0.15) is 20.8 Å². The van der Waals surface area contributed by atoms with Gasteiger partial charge in [0.05, 0.1) is 10.4 Å². The Morgan fingerprint density at radius 3 is 2.50 bits per heavy atom. The lowest BCUT2D eigenvalue weighted by atomic mass is 10.1. The first-order valence-electron chi connectivity index (χ1n) is 4.84. The number of alkyl halides is 3. The first-order valence-corrected chi connectivity index (χ1v) is 6.51. The Hall–Kier alpha value is -1.14. The summed E-state index contributed by atoms with van der Waals surface area (Å²) in [5.74, 6) is -0.406. The fourth-order valence-corrected chi connectivity index (χ4v) is 2.80. The molecule has 0 saturated carbocycles. The number of carbonyl (C=O) groups is 1. The van der Waals surface area contributed by atoms with E-state index >= 15 is 0 Å². The van der Waals surface area contributed by atoms with Gasteiger partial charge in [0.1, 0.15) is 0 Å². The molecule has 1 aromatic heterocycles. The highest BCUT2D eigenvalue weighted by atomic mass is 79.9. The van der Waals surface area contributed by atoms with Gasteiger partial charge in [-0.05, 0) is 34.1 Å². The minimum atomic E-state index is -4.44. The third-order valence-electron chi connectivity index (χ3n) is 2.24. The fraction of sp³-hybridized carbons (Fsp3) is 0.0833. The summed E-state index contributed by atoms with van der Waals surface area (Å²) in [5.41, 5.74) is -0.775. The molecular formula is C12H6BrF3OS. The molecule has 0 bridgehead atoms. The van der Waals surface area contributed by atoms with E-state index in [1.165, 1.54) is 23.5 Å². The minimum Gasteiger partial charge on any atom is -0.288 e. The third kappa shape index (κ3) is 2.81. The number of halogens is 4. The smallest absolute Gasteiger partial charge is 0.288 e. The molecule has 0 unspecified atom stereocenters. The molecule has 6 heteroatoms. The molecule has 0 saturated heterocycles. The monoisotopic (exact) mass is 334 g/mol. The molecule has 0 amide bonds. The molecule has 2 aromatic rings. The van der Waals surface area contributed by atoms with Crippen molar-refractivity contribution in [3.05, 3.63) is 56.2 Å². The molecule has 0 atom stereocenters. The van der Waals surface area contributed by atoms with E-state index in [0.717, 1.165) is 16.6 Å². The minimum absolute atomic E-state index is 0.0409. The molecule has 94 valence electrons. The van der Waals surface area contributed by atoms with E-state index in [1.807, 2.05) is 0 Å². The van der Waals surface area contributed by atoms with Crippen molar-refractivity contribution in [3.63, 3.8) is 0 Å². The van der Waals surface area contributed by atoms with Crippen molar-refractivity contribution < 1.29 is 18.0 Å². The van der Waals surface area contributed by atoms with Crippen LogP contribution in [0.2, 0.25) is 0 Å². The Balaban J connectivity index is 2.37. The molecule has 0 N–H and O–H groups in total. The Morgan fingerprint density at radius 2 is 1.94 bits per heavy atom. The van der Waals surface area contributed by atoms with Crippen LogP contribution in [0.15, 0.2) is 40.2 Å². The lowest BCUT2D eigenvalue weighted by Crippen LogP contribution is -2.07. The summed E-state index contributed by atoms with van der Waals surface area (Å²) >= 11 is 4.39. The van der Waals surface area contributed by atoms with Crippen LogP contribution in [0, 0.1) is 0 Å². The second kappa shape index (κ2) is 4.85. The van der Waals surface area contributed by atoms with Crippen molar-refractivity contribution in [1.82, 2.24) is 0 Å². The van der Waals surface area contributed by atoms with Crippen molar-refractivity contribution >= 4 is 33.0 Å². The third-order valence-corrected chi connectivity index (χ3v) is 3.93. The summed E-state index contributed by atoms with van der Waals surface area (Å²) in [6.45, 7) is 0. The lowest BCUT2D eigenvalue weighted by molar-refractivity contribution is -0.137. The molecule has 1 nitrogen and oxygen atoms in total. The predicted molar refractivity (Wildman–Crippen MR) is 66.9 cm³/mol. The molecular weight excluding hydrogens is 329 g/mol. The highest BCUT2D eigenvalue weighted by Crippen LogP contribution is 2.30. The topological polar surface area (TPSA) is 17.1 Å². The van der Waals surface area contributed by atoms with Crippen LogP contribution in [0.5, 0.6) is 0 Å². The number of carbonyl (C=O) groups excluding carboxylic acids is 1. The van der Waals surface area contributed by atoms with Gasteiger partial charge in [-0.3, -0.25) is 4.79 Å². The van der Waals surface area contributed by atoms with Gasteiger partial charge in [0, 0.05) is 15.4 Å². The highest BCUT2D eigenvalue weighted by molar-refractivity contribution is 9.10. The fourth-order valence-electron chi connectivity index (χ4n) is 1.41. The van der Waals surface area contributed by atoms with Crippen molar-refractivity contribution in [2.24, 2.45) is 0 Å². The molecule has 0 fully saturated rings. The van der Waals surface area contributed by atoms with Crippen LogP contribution >= 0.6 is 27.3 Å². The van der Waals surface area contributed by atoms with E-state index in [4.69, 9.17) is 0 Å². The van der Waals surface area contributed by atoms with Gasteiger partial charge < -0.3 is 0 Å². The summed E-state index contributed by atoms with van der Waals surface area (Å²) in [5, 5.41) is 1.71. The van der Waals surface area contributed by atoms with Gasteiger partial charge in [-0.1, -0.05) is 12.1 Å². The zero-order valence-electron chi connectivity index (χ0n) is 8.79. The lowest BCUT2D eigenvalue weighted by Gasteiger charge is -2.07. The molecule has 0 spiro atoms. The summed E-state index contributed by atoms with van der Waals surface area (Å²) < 4.78 is 38.3. The normalized spacial score (nSPS) is 11.6. The summed E-state index contributed by atoms with van der Waals surface area (Å²) in [6, 6.07) is 6.02.